The van der Waals surface area contributed by atoms with Gasteiger partial charge in [0.15, 0.2) is 0 Å². The predicted molar refractivity (Wildman–Crippen MR) is 109 cm³/mol. The number of ether oxygens (including phenoxy) is 1. The zero-order chi connectivity index (χ0) is 19.3. The molecular formula is C22H30N4O2. The third kappa shape index (κ3) is 3.92. The van der Waals surface area contributed by atoms with E-state index in [1.165, 1.54) is 6.42 Å². The van der Waals surface area contributed by atoms with Crippen molar-refractivity contribution >= 4 is 5.91 Å². The maximum atomic E-state index is 12.7. The van der Waals surface area contributed by atoms with Gasteiger partial charge in [0, 0.05) is 30.3 Å². The van der Waals surface area contributed by atoms with E-state index >= 15 is 0 Å². The lowest BCUT2D eigenvalue weighted by Gasteiger charge is -2.33. The van der Waals surface area contributed by atoms with Crippen LogP contribution in [0.3, 0.4) is 0 Å². The molecule has 1 aliphatic heterocycles. The zero-order valence-electron chi connectivity index (χ0n) is 16.6. The van der Waals surface area contributed by atoms with Gasteiger partial charge in [-0.3, -0.25) is 14.8 Å². The summed E-state index contributed by atoms with van der Waals surface area (Å²) in [7, 11) is 1.70. The SMILES string of the molecule is COc1ccccc1-c1[nH]ncc1CN1CCCCCNC(=O)C2CCCC21. The second kappa shape index (κ2) is 8.78. The molecule has 1 amide bonds. The highest BCUT2D eigenvalue weighted by atomic mass is 16.5. The molecule has 2 heterocycles. The van der Waals surface area contributed by atoms with Gasteiger partial charge in [-0.05, 0) is 44.4 Å². The maximum Gasteiger partial charge on any atom is 0.224 e. The Labute approximate surface area is 166 Å². The van der Waals surface area contributed by atoms with Crippen LogP contribution < -0.4 is 10.1 Å². The number of fused-ring (bicyclic) bond motifs is 1. The highest BCUT2D eigenvalue weighted by Gasteiger charge is 2.37. The summed E-state index contributed by atoms with van der Waals surface area (Å²) >= 11 is 0. The molecule has 0 spiro atoms. The van der Waals surface area contributed by atoms with E-state index in [9.17, 15) is 4.79 Å². The Morgan fingerprint density at radius 2 is 2.07 bits per heavy atom. The lowest BCUT2D eigenvalue weighted by molar-refractivity contribution is -0.126. The van der Waals surface area contributed by atoms with Crippen molar-refractivity contribution < 1.29 is 9.53 Å². The fraction of sp³-hybridized carbons (Fsp3) is 0.545. The van der Waals surface area contributed by atoms with Crippen LogP contribution in [0, 0.1) is 5.92 Å². The van der Waals surface area contributed by atoms with Gasteiger partial charge in [0.25, 0.3) is 0 Å². The minimum absolute atomic E-state index is 0.111. The molecule has 0 radical (unpaired) electrons. The Kier molecular flexibility index (Phi) is 5.95. The number of benzene rings is 1. The second-order valence-corrected chi connectivity index (χ2v) is 7.90. The van der Waals surface area contributed by atoms with Crippen molar-refractivity contribution in [3.05, 3.63) is 36.0 Å². The third-order valence-corrected chi connectivity index (χ3v) is 6.17. The summed E-state index contributed by atoms with van der Waals surface area (Å²) in [6.07, 6.45) is 8.53. The zero-order valence-corrected chi connectivity index (χ0v) is 16.6. The molecule has 2 unspecified atom stereocenters. The molecule has 150 valence electrons. The Morgan fingerprint density at radius 3 is 2.96 bits per heavy atom. The summed E-state index contributed by atoms with van der Waals surface area (Å²) in [5.74, 6) is 1.19. The Hall–Kier alpha value is -2.34. The van der Waals surface area contributed by atoms with E-state index in [-0.39, 0.29) is 11.8 Å². The predicted octanol–water partition coefficient (Wildman–Crippen LogP) is 3.36. The number of carbonyl (C=O) groups excluding carboxylic acids is 1. The minimum atomic E-state index is 0.111. The Morgan fingerprint density at radius 1 is 1.18 bits per heavy atom. The van der Waals surface area contributed by atoms with Crippen molar-refractivity contribution in [2.24, 2.45) is 5.92 Å². The van der Waals surface area contributed by atoms with Crippen molar-refractivity contribution in [2.45, 2.75) is 51.1 Å². The van der Waals surface area contributed by atoms with Gasteiger partial charge in [0.1, 0.15) is 5.75 Å². The summed E-state index contributed by atoms with van der Waals surface area (Å²) in [4.78, 5) is 15.2. The number of para-hydroxylation sites is 1. The van der Waals surface area contributed by atoms with E-state index in [1.807, 2.05) is 24.4 Å². The lowest BCUT2D eigenvalue weighted by atomic mass is 9.98. The monoisotopic (exact) mass is 382 g/mol. The molecule has 0 bridgehead atoms. The van der Waals surface area contributed by atoms with E-state index in [1.54, 1.807) is 7.11 Å². The first-order chi connectivity index (χ1) is 13.8. The molecule has 2 fully saturated rings. The molecule has 1 saturated carbocycles. The number of hydrogen-bond acceptors (Lipinski definition) is 4. The molecule has 1 aromatic carbocycles. The molecule has 2 N–H and O–H groups in total. The molecule has 1 saturated heterocycles. The summed E-state index contributed by atoms with van der Waals surface area (Å²) in [5.41, 5.74) is 3.19. The Bertz CT molecular complexity index is 803. The van der Waals surface area contributed by atoms with Crippen molar-refractivity contribution in [1.82, 2.24) is 20.4 Å². The molecule has 2 atom stereocenters. The Balaban J connectivity index is 1.60. The van der Waals surface area contributed by atoms with Gasteiger partial charge in [-0.1, -0.05) is 25.0 Å². The first-order valence-electron chi connectivity index (χ1n) is 10.5. The molecule has 1 aliphatic carbocycles. The topological polar surface area (TPSA) is 70.2 Å². The molecule has 4 rings (SSSR count). The molecular weight excluding hydrogens is 352 g/mol. The number of H-pyrrole nitrogens is 1. The van der Waals surface area contributed by atoms with Gasteiger partial charge in [-0.15, -0.1) is 0 Å². The molecule has 6 nitrogen and oxygen atoms in total. The summed E-state index contributed by atoms with van der Waals surface area (Å²) < 4.78 is 5.55. The maximum absolute atomic E-state index is 12.7. The van der Waals surface area contributed by atoms with Gasteiger partial charge < -0.3 is 10.1 Å². The third-order valence-electron chi connectivity index (χ3n) is 6.17. The van der Waals surface area contributed by atoms with Crippen LogP contribution >= 0.6 is 0 Å². The first kappa shape index (κ1) is 19.0. The highest BCUT2D eigenvalue weighted by Crippen LogP contribution is 2.35. The minimum Gasteiger partial charge on any atom is -0.496 e. The molecule has 1 aromatic heterocycles. The molecule has 2 aromatic rings. The number of aromatic nitrogens is 2. The van der Waals surface area contributed by atoms with Gasteiger partial charge in [-0.2, -0.15) is 5.10 Å². The number of rotatable bonds is 4. The number of carbonyl (C=O) groups is 1. The van der Waals surface area contributed by atoms with Gasteiger partial charge in [-0.25, -0.2) is 0 Å². The van der Waals surface area contributed by atoms with E-state index in [0.29, 0.717) is 6.04 Å². The molecule has 6 heteroatoms. The summed E-state index contributed by atoms with van der Waals surface area (Å²) in [5, 5.41) is 10.7. The van der Waals surface area contributed by atoms with Crippen molar-refractivity contribution in [2.75, 3.05) is 20.2 Å². The summed E-state index contributed by atoms with van der Waals surface area (Å²) in [6.45, 7) is 2.66. The van der Waals surface area contributed by atoms with Crippen molar-refractivity contribution in [3.8, 4) is 17.0 Å². The lowest BCUT2D eigenvalue weighted by Crippen LogP contribution is -2.45. The van der Waals surface area contributed by atoms with Crippen LogP contribution in [-0.2, 0) is 11.3 Å². The number of hydrogen-bond donors (Lipinski definition) is 2. The van der Waals surface area contributed by atoms with E-state index in [4.69, 9.17) is 4.74 Å². The number of aromatic amines is 1. The number of nitrogens with zero attached hydrogens (tertiary/aromatic N) is 2. The highest BCUT2D eigenvalue weighted by molar-refractivity contribution is 5.79. The average molecular weight is 383 g/mol. The average Bonchev–Trinajstić information content (AvgIpc) is 3.38. The van der Waals surface area contributed by atoms with Crippen LogP contribution in [0.4, 0.5) is 0 Å². The van der Waals surface area contributed by atoms with Gasteiger partial charge >= 0.3 is 0 Å². The van der Waals surface area contributed by atoms with Crippen molar-refractivity contribution in [1.29, 1.82) is 0 Å². The van der Waals surface area contributed by atoms with Crippen LogP contribution in [0.5, 0.6) is 5.75 Å². The van der Waals surface area contributed by atoms with E-state index < -0.39 is 0 Å². The summed E-state index contributed by atoms with van der Waals surface area (Å²) in [6, 6.07) is 8.35. The second-order valence-electron chi connectivity index (χ2n) is 7.90. The smallest absolute Gasteiger partial charge is 0.224 e. The van der Waals surface area contributed by atoms with Crippen LogP contribution in [0.25, 0.3) is 11.3 Å². The van der Waals surface area contributed by atoms with Crippen LogP contribution in [0.1, 0.15) is 44.1 Å². The number of methoxy groups -OCH3 is 1. The standard InChI is InChI=1S/C22H30N4O2/c1-28-20-11-4-3-8-18(20)21-16(14-24-25-21)15-26-13-6-2-5-12-23-22(27)17-9-7-10-19(17)26/h3-4,8,11,14,17,19H,2,5-7,9-10,12-13,15H2,1H3,(H,23,27)(H,24,25). The number of nitrogens with one attached hydrogen (secondary N) is 2. The number of amides is 1. The quantitative estimate of drug-likeness (QED) is 0.851. The van der Waals surface area contributed by atoms with E-state index in [2.05, 4.69) is 26.5 Å². The van der Waals surface area contributed by atoms with E-state index in [0.717, 1.165) is 74.3 Å². The van der Waals surface area contributed by atoms with Gasteiger partial charge in [0.05, 0.1) is 24.9 Å². The van der Waals surface area contributed by atoms with Crippen molar-refractivity contribution in [3.63, 3.8) is 0 Å². The fourth-order valence-corrected chi connectivity index (χ4v) is 4.74. The fourth-order valence-electron chi connectivity index (χ4n) is 4.74. The largest absolute Gasteiger partial charge is 0.496 e. The van der Waals surface area contributed by atoms with Gasteiger partial charge in [0.2, 0.25) is 5.91 Å². The van der Waals surface area contributed by atoms with Crippen LogP contribution in [0.15, 0.2) is 30.5 Å². The first-order valence-corrected chi connectivity index (χ1v) is 10.5. The molecule has 28 heavy (non-hydrogen) atoms. The molecule has 2 aliphatic rings. The van der Waals surface area contributed by atoms with Crippen LogP contribution in [0.2, 0.25) is 0 Å². The normalized spacial score (nSPS) is 23.8. The van der Waals surface area contributed by atoms with Crippen LogP contribution in [-0.4, -0.2) is 47.2 Å².